The van der Waals surface area contributed by atoms with E-state index < -0.39 is 5.97 Å². The van der Waals surface area contributed by atoms with Gasteiger partial charge in [-0.2, -0.15) is 0 Å². The number of carboxylic acids is 1. The summed E-state index contributed by atoms with van der Waals surface area (Å²) in [4.78, 5) is 22.1. The molecule has 0 aliphatic heterocycles. The average Bonchev–Trinajstić information content (AvgIpc) is 2.55. The molecule has 0 atom stereocenters. The molecule has 0 saturated heterocycles. The van der Waals surface area contributed by atoms with Gasteiger partial charge in [0.25, 0.3) is 0 Å². The molecule has 24 heavy (non-hydrogen) atoms. The number of ketones is 1. The van der Waals surface area contributed by atoms with Gasteiger partial charge in [0.1, 0.15) is 5.78 Å². The van der Waals surface area contributed by atoms with E-state index in [1.807, 2.05) is 0 Å². The fourth-order valence-corrected chi connectivity index (χ4v) is 3.06. The Morgan fingerprint density at radius 2 is 0.875 bits per heavy atom. The van der Waals surface area contributed by atoms with Gasteiger partial charge in [0.15, 0.2) is 0 Å². The van der Waals surface area contributed by atoms with Crippen molar-refractivity contribution in [3.63, 3.8) is 0 Å². The summed E-state index contributed by atoms with van der Waals surface area (Å²) >= 11 is 0. The third-order valence-corrected chi connectivity index (χ3v) is 4.66. The van der Waals surface area contributed by atoms with Gasteiger partial charge >= 0.3 is 5.97 Å². The molecule has 3 heteroatoms. The van der Waals surface area contributed by atoms with Crippen LogP contribution in [0, 0.1) is 0 Å². The third-order valence-electron chi connectivity index (χ3n) is 4.66. The van der Waals surface area contributed by atoms with Gasteiger partial charge in [-0.1, -0.05) is 84.0 Å². The van der Waals surface area contributed by atoms with E-state index in [-0.39, 0.29) is 6.42 Å². The van der Waals surface area contributed by atoms with Gasteiger partial charge in [-0.25, -0.2) is 0 Å². The summed E-state index contributed by atoms with van der Waals surface area (Å²) in [5, 5.41) is 8.54. The minimum absolute atomic E-state index is 0.257. The highest BCUT2D eigenvalue weighted by Crippen LogP contribution is 2.13. The molecule has 0 aliphatic rings. The number of aliphatic carboxylic acids is 1. The van der Waals surface area contributed by atoms with Crippen LogP contribution in [-0.2, 0) is 9.59 Å². The Bertz CT molecular complexity index is 299. The lowest BCUT2D eigenvalue weighted by Gasteiger charge is -2.03. The van der Waals surface area contributed by atoms with E-state index in [1.165, 1.54) is 64.2 Å². The summed E-state index contributed by atoms with van der Waals surface area (Å²) < 4.78 is 0. The third kappa shape index (κ3) is 19.2. The van der Waals surface area contributed by atoms with Crippen LogP contribution in [-0.4, -0.2) is 16.9 Å². The smallest absolute Gasteiger partial charge is 0.303 e. The van der Waals surface area contributed by atoms with Crippen LogP contribution in [0.1, 0.15) is 122 Å². The summed E-state index contributed by atoms with van der Waals surface area (Å²) in [7, 11) is 0. The molecule has 0 aromatic rings. The van der Waals surface area contributed by atoms with Crippen molar-refractivity contribution in [2.45, 2.75) is 122 Å². The molecular weight excluding hydrogens is 300 g/mol. The van der Waals surface area contributed by atoms with Crippen molar-refractivity contribution in [1.82, 2.24) is 0 Å². The second-order valence-corrected chi connectivity index (χ2v) is 7.13. The van der Waals surface area contributed by atoms with Gasteiger partial charge in [-0.3, -0.25) is 9.59 Å². The fraction of sp³-hybridized carbons (Fsp3) is 0.905. The monoisotopic (exact) mass is 340 g/mol. The van der Waals surface area contributed by atoms with E-state index in [1.54, 1.807) is 0 Å². The van der Waals surface area contributed by atoms with Crippen molar-refractivity contribution >= 4 is 11.8 Å². The molecule has 1 N–H and O–H groups in total. The largest absolute Gasteiger partial charge is 0.481 e. The molecule has 0 amide bonds. The van der Waals surface area contributed by atoms with Gasteiger partial charge < -0.3 is 5.11 Å². The number of carbonyl (C=O) groups excluding carboxylic acids is 1. The number of hydrogen-bond donors (Lipinski definition) is 1. The molecular formula is C21H40O3. The van der Waals surface area contributed by atoms with Gasteiger partial charge in [-0.05, 0) is 19.3 Å². The highest BCUT2D eigenvalue weighted by molar-refractivity contribution is 5.78. The Labute approximate surface area is 149 Å². The molecule has 0 radical (unpaired) electrons. The number of unbranched alkanes of at least 4 members (excludes halogenated alkanes) is 13. The second-order valence-electron chi connectivity index (χ2n) is 7.13. The van der Waals surface area contributed by atoms with E-state index in [2.05, 4.69) is 6.92 Å². The first-order valence-corrected chi connectivity index (χ1v) is 10.4. The minimum Gasteiger partial charge on any atom is -0.481 e. The predicted molar refractivity (Wildman–Crippen MR) is 101 cm³/mol. The molecule has 142 valence electrons. The van der Waals surface area contributed by atoms with Crippen LogP contribution in [0.2, 0.25) is 0 Å². The number of carboxylic acid groups (broad SMARTS) is 1. The standard InChI is InChI=1S/C21H40O3/c1-2-3-4-5-6-7-8-9-10-11-14-17-20(22)18-15-12-13-16-19-21(23)24/h2-19H2,1H3,(H,23,24). The van der Waals surface area contributed by atoms with Crippen molar-refractivity contribution in [2.24, 2.45) is 0 Å². The zero-order valence-electron chi connectivity index (χ0n) is 16.0. The van der Waals surface area contributed by atoms with Crippen LogP contribution in [0.15, 0.2) is 0 Å². The number of carbonyl (C=O) groups is 2. The lowest BCUT2D eigenvalue weighted by molar-refractivity contribution is -0.137. The molecule has 0 fully saturated rings. The van der Waals surface area contributed by atoms with Gasteiger partial charge in [0, 0.05) is 19.3 Å². The minimum atomic E-state index is -0.720. The molecule has 3 nitrogen and oxygen atoms in total. The van der Waals surface area contributed by atoms with Gasteiger partial charge in [-0.15, -0.1) is 0 Å². The first-order valence-electron chi connectivity index (χ1n) is 10.4. The Morgan fingerprint density at radius 1 is 0.542 bits per heavy atom. The zero-order chi connectivity index (χ0) is 17.9. The number of Topliss-reactive ketones (excluding diaryl/α,β-unsaturated/α-hetero) is 1. The Morgan fingerprint density at radius 3 is 1.25 bits per heavy atom. The van der Waals surface area contributed by atoms with Crippen molar-refractivity contribution < 1.29 is 14.7 Å². The SMILES string of the molecule is CCCCCCCCCCCCCC(=O)CCCCCCC(=O)O. The summed E-state index contributed by atoms with van der Waals surface area (Å²) in [5.41, 5.74) is 0. The molecule has 0 heterocycles. The van der Waals surface area contributed by atoms with E-state index in [0.29, 0.717) is 12.2 Å². The quantitative estimate of drug-likeness (QED) is 0.267. The molecule has 0 spiro atoms. The normalized spacial score (nSPS) is 10.9. The van der Waals surface area contributed by atoms with Crippen LogP contribution in [0.4, 0.5) is 0 Å². The topological polar surface area (TPSA) is 54.4 Å². The Hall–Kier alpha value is -0.860. The molecule has 0 aliphatic carbocycles. The van der Waals surface area contributed by atoms with Crippen molar-refractivity contribution in [1.29, 1.82) is 0 Å². The number of hydrogen-bond acceptors (Lipinski definition) is 2. The van der Waals surface area contributed by atoms with E-state index >= 15 is 0 Å². The number of rotatable bonds is 19. The molecule has 0 bridgehead atoms. The van der Waals surface area contributed by atoms with Crippen molar-refractivity contribution in [3.05, 3.63) is 0 Å². The predicted octanol–water partition coefficient (Wildman–Crippen LogP) is 6.68. The van der Waals surface area contributed by atoms with E-state index in [9.17, 15) is 9.59 Å². The maximum absolute atomic E-state index is 11.8. The van der Waals surface area contributed by atoms with Crippen molar-refractivity contribution in [2.75, 3.05) is 0 Å². The lowest BCUT2D eigenvalue weighted by atomic mass is 10.0. The summed E-state index contributed by atoms with van der Waals surface area (Å²) in [6.45, 7) is 2.26. The Kier molecular flexibility index (Phi) is 17.8. The van der Waals surface area contributed by atoms with Gasteiger partial charge in [0.2, 0.25) is 0 Å². The summed E-state index contributed by atoms with van der Waals surface area (Å²) in [5.74, 6) is -0.327. The van der Waals surface area contributed by atoms with Crippen LogP contribution in [0.3, 0.4) is 0 Å². The van der Waals surface area contributed by atoms with Crippen molar-refractivity contribution in [3.8, 4) is 0 Å². The first-order chi connectivity index (χ1) is 11.7. The van der Waals surface area contributed by atoms with Crippen LogP contribution in [0.5, 0.6) is 0 Å². The molecule has 0 aromatic heterocycles. The second kappa shape index (κ2) is 18.5. The maximum atomic E-state index is 11.8. The highest BCUT2D eigenvalue weighted by Gasteiger charge is 2.02. The zero-order valence-corrected chi connectivity index (χ0v) is 16.0. The Balaban J connectivity index is 3.16. The van der Waals surface area contributed by atoms with E-state index in [4.69, 9.17) is 5.11 Å². The summed E-state index contributed by atoms with van der Waals surface area (Å²) in [6.07, 6.45) is 19.7. The molecule has 0 rings (SSSR count). The highest BCUT2D eigenvalue weighted by atomic mass is 16.4. The van der Waals surface area contributed by atoms with Gasteiger partial charge in [0.05, 0.1) is 0 Å². The fourth-order valence-electron chi connectivity index (χ4n) is 3.06. The molecule has 0 saturated carbocycles. The summed E-state index contributed by atoms with van der Waals surface area (Å²) in [6, 6.07) is 0. The maximum Gasteiger partial charge on any atom is 0.303 e. The average molecular weight is 341 g/mol. The van der Waals surface area contributed by atoms with Crippen LogP contribution in [0.25, 0.3) is 0 Å². The first kappa shape index (κ1) is 23.1. The van der Waals surface area contributed by atoms with Crippen LogP contribution < -0.4 is 0 Å². The lowest BCUT2D eigenvalue weighted by Crippen LogP contribution is -1.98. The molecule has 0 unspecified atom stereocenters. The molecule has 0 aromatic carbocycles. The van der Waals surface area contributed by atoms with E-state index in [0.717, 1.165) is 38.5 Å². The van der Waals surface area contributed by atoms with Crippen LogP contribution >= 0.6 is 0 Å².